The average molecular weight is 350 g/mol. The van der Waals surface area contributed by atoms with Crippen LogP contribution in [0.25, 0.3) is 17.1 Å². The number of benzene rings is 2. The number of methoxy groups -OCH3 is 1. The van der Waals surface area contributed by atoms with Gasteiger partial charge >= 0.3 is 0 Å². The van der Waals surface area contributed by atoms with Gasteiger partial charge in [-0.3, -0.25) is 0 Å². The molecule has 136 valence electrons. The van der Waals surface area contributed by atoms with Crippen molar-refractivity contribution in [2.24, 2.45) is 0 Å². The first-order valence-electron chi connectivity index (χ1n) is 8.98. The molecular formula is C22H26N2O2. The Labute approximate surface area is 155 Å². The minimum absolute atomic E-state index is 0.629. The largest absolute Gasteiger partial charge is 0.493 e. The third-order valence-electron chi connectivity index (χ3n) is 4.58. The lowest BCUT2D eigenvalue weighted by Gasteiger charge is -2.12. The highest BCUT2D eigenvalue weighted by atomic mass is 16.5. The molecule has 4 heteroatoms. The molecule has 0 saturated carbocycles. The van der Waals surface area contributed by atoms with Crippen molar-refractivity contribution in [3.8, 4) is 11.5 Å². The van der Waals surface area contributed by atoms with Crippen LogP contribution in [0.4, 0.5) is 0 Å². The molecule has 0 radical (unpaired) electrons. The number of aryl methyl sites for hydroxylation is 3. The van der Waals surface area contributed by atoms with E-state index in [1.54, 1.807) is 7.11 Å². The van der Waals surface area contributed by atoms with E-state index in [0.717, 1.165) is 35.5 Å². The van der Waals surface area contributed by atoms with E-state index in [0.29, 0.717) is 6.61 Å². The van der Waals surface area contributed by atoms with E-state index in [9.17, 15) is 0 Å². The number of nitrogens with zero attached hydrogens (tertiary/aromatic N) is 2. The van der Waals surface area contributed by atoms with Crippen LogP contribution in [-0.2, 0) is 6.54 Å². The van der Waals surface area contributed by atoms with Gasteiger partial charge in [0.1, 0.15) is 0 Å². The summed E-state index contributed by atoms with van der Waals surface area (Å²) in [6.45, 7) is 7.76. The Morgan fingerprint density at radius 2 is 1.88 bits per heavy atom. The Morgan fingerprint density at radius 3 is 2.65 bits per heavy atom. The van der Waals surface area contributed by atoms with Crippen LogP contribution in [0.3, 0.4) is 0 Å². The molecule has 3 rings (SSSR count). The summed E-state index contributed by atoms with van der Waals surface area (Å²) >= 11 is 0. The standard InChI is InChI=1S/C22H26N2O2/c1-5-7-18-8-9-21(22(14-18)25-4)26-11-6-10-24-15-23-19-12-16(2)17(3)13-20(19)24/h5,7-9,12-15H,6,10-11H2,1-4H3/b7-5+. The van der Waals surface area contributed by atoms with E-state index in [1.807, 2.05) is 43.6 Å². The van der Waals surface area contributed by atoms with Gasteiger partial charge in [0.25, 0.3) is 0 Å². The van der Waals surface area contributed by atoms with Gasteiger partial charge in [-0.1, -0.05) is 18.2 Å². The van der Waals surface area contributed by atoms with Crippen molar-refractivity contribution in [2.75, 3.05) is 13.7 Å². The quantitative estimate of drug-likeness (QED) is 0.552. The second-order valence-electron chi connectivity index (χ2n) is 6.48. The molecule has 0 aliphatic rings. The van der Waals surface area contributed by atoms with E-state index in [4.69, 9.17) is 9.47 Å². The van der Waals surface area contributed by atoms with Crippen LogP contribution >= 0.6 is 0 Å². The molecule has 0 spiro atoms. The Morgan fingerprint density at radius 1 is 1.08 bits per heavy atom. The lowest BCUT2D eigenvalue weighted by atomic mass is 10.1. The third-order valence-corrected chi connectivity index (χ3v) is 4.58. The summed E-state index contributed by atoms with van der Waals surface area (Å²) in [7, 11) is 1.67. The zero-order chi connectivity index (χ0) is 18.5. The summed E-state index contributed by atoms with van der Waals surface area (Å²) < 4.78 is 13.6. The van der Waals surface area contributed by atoms with Crippen LogP contribution in [0, 0.1) is 13.8 Å². The molecule has 3 aromatic rings. The van der Waals surface area contributed by atoms with E-state index in [-0.39, 0.29) is 0 Å². The predicted octanol–water partition coefficient (Wildman–Crippen LogP) is 5.16. The Hall–Kier alpha value is -2.75. The molecule has 1 heterocycles. The fourth-order valence-electron chi connectivity index (χ4n) is 3.01. The van der Waals surface area contributed by atoms with E-state index in [2.05, 4.69) is 35.5 Å². The SMILES string of the molecule is C/C=C/c1ccc(OCCCn2cnc3cc(C)c(C)cc32)c(OC)c1. The first-order valence-corrected chi connectivity index (χ1v) is 8.98. The summed E-state index contributed by atoms with van der Waals surface area (Å²) in [6, 6.07) is 10.3. The smallest absolute Gasteiger partial charge is 0.161 e. The molecular weight excluding hydrogens is 324 g/mol. The molecule has 0 aliphatic heterocycles. The van der Waals surface area contributed by atoms with Crippen LogP contribution in [-0.4, -0.2) is 23.3 Å². The molecule has 0 unspecified atom stereocenters. The van der Waals surface area contributed by atoms with Crippen LogP contribution < -0.4 is 9.47 Å². The highest BCUT2D eigenvalue weighted by Gasteiger charge is 2.07. The van der Waals surface area contributed by atoms with Crippen molar-refractivity contribution < 1.29 is 9.47 Å². The molecule has 26 heavy (non-hydrogen) atoms. The monoisotopic (exact) mass is 350 g/mol. The highest BCUT2D eigenvalue weighted by molar-refractivity contribution is 5.77. The Kier molecular flexibility index (Phi) is 5.61. The van der Waals surface area contributed by atoms with Crippen LogP contribution in [0.2, 0.25) is 0 Å². The van der Waals surface area contributed by atoms with Crippen molar-refractivity contribution in [1.82, 2.24) is 9.55 Å². The number of imidazole rings is 1. The van der Waals surface area contributed by atoms with Gasteiger partial charge in [-0.2, -0.15) is 0 Å². The minimum Gasteiger partial charge on any atom is -0.493 e. The zero-order valence-electron chi connectivity index (χ0n) is 16.0. The molecule has 0 amide bonds. The van der Waals surface area contributed by atoms with E-state index < -0.39 is 0 Å². The molecule has 4 nitrogen and oxygen atoms in total. The van der Waals surface area contributed by atoms with Gasteiger partial charge < -0.3 is 14.0 Å². The van der Waals surface area contributed by atoms with Gasteiger partial charge in [-0.15, -0.1) is 0 Å². The lowest BCUT2D eigenvalue weighted by Crippen LogP contribution is -2.04. The van der Waals surface area contributed by atoms with Crippen LogP contribution in [0.15, 0.2) is 42.7 Å². The zero-order valence-corrected chi connectivity index (χ0v) is 16.0. The molecule has 0 bridgehead atoms. The summed E-state index contributed by atoms with van der Waals surface area (Å²) in [6.07, 6.45) is 6.86. The van der Waals surface area contributed by atoms with Gasteiger partial charge in [-0.25, -0.2) is 4.98 Å². The summed E-state index contributed by atoms with van der Waals surface area (Å²) in [5.41, 5.74) is 5.91. The first-order chi connectivity index (χ1) is 12.6. The molecule has 0 atom stereocenters. The van der Waals surface area contributed by atoms with Crippen LogP contribution in [0.5, 0.6) is 11.5 Å². The first kappa shape index (κ1) is 18.1. The molecule has 0 fully saturated rings. The normalized spacial score (nSPS) is 11.4. The van der Waals surface area contributed by atoms with Crippen molar-refractivity contribution in [2.45, 2.75) is 33.7 Å². The maximum Gasteiger partial charge on any atom is 0.161 e. The van der Waals surface area contributed by atoms with Gasteiger partial charge in [0, 0.05) is 6.54 Å². The number of fused-ring (bicyclic) bond motifs is 1. The topological polar surface area (TPSA) is 36.3 Å². The second-order valence-corrected chi connectivity index (χ2v) is 6.48. The number of hydrogen-bond donors (Lipinski definition) is 0. The molecule has 0 saturated heterocycles. The van der Waals surface area contributed by atoms with E-state index in [1.165, 1.54) is 16.6 Å². The fraction of sp³-hybridized carbons (Fsp3) is 0.318. The molecule has 0 aliphatic carbocycles. The highest BCUT2D eigenvalue weighted by Crippen LogP contribution is 2.28. The van der Waals surface area contributed by atoms with Crippen molar-refractivity contribution in [3.63, 3.8) is 0 Å². The molecule has 0 N–H and O–H groups in total. The van der Waals surface area contributed by atoms with Gasteiger partial charge in [0.05, 0.1) is 31.1 Å². The van der Waals surface area contributed by atoms with Crippen LogP contribution in [0.1, 0.15) is 30.0 Å². The third kappa shape index (κ3) is 3.90. The number of rotatable bonds is 7. The predicted molar refractivity (Wildman–Crippen MR) is 107 cm³/mol. The van der Waals surface area contributed by atoms with Gasteiger partial charge in [0.2, 0.25) is 0 Å². The molecule has 1 aromatic heterocycles. The summed E-state index contributed by atoms with van der Waals surface area (Å²) in [5, 5.41) is 0. The van der Waals surface area contributed by atoms with E-state index >= 15 is 0 Å². The number of hydrogen-bond acceptors (Lipinski definition) is 3. The summed E-state index contributed by atoms with van der Waals surface area (Å²) in [5.74, 6) is 1.54. The van der Waals surface area contributed by atoms with Crippen molar-refractivity contribution in [1.29, 1.82) is 0 Å². The van der Waals surface area contributed by atoms with Gasteiger partial charge in [-0.05, 0) is 68.1 Å². The minimum atomic E-state index is 0.629. The molecule has 2 aromatic carbocycles. The fourth-order valence-corrected chi connectivity index (χ4v) is 3.01. The number of allylic oxidation sites excluding steroid dienone is 1. The van der Waals surface area contributed by atoms with Crippen molar-refractivity contribution in [3.05, 3.63) is 59.4 Å². The maximum absolute atomic E-state index is 5.93. The van der Waals surface area contributed by atoms with Gasteiger partial charge in [0.15, 0.2) is 11.5 Å². The van der Waals surface area contributed by atoms with Crippen molar-refractivity contribution >= 4 is 17.1 Å². The maximum atomic E-state index is 5.93. The number of ether oxygens (including phenoxy) is 2. The second kappa shape index (κ2) is 8.09. The Bertz CT molecular complexity index is 925. The lowest BCUT2D eigenvalue weighted by molar-refractivity contribution is 0.283. The summed E-state index contributed by atoms with van der Waals surface area (Å²) in [4.78, 5) is 4.51. The number of aromatic nitrogens is 2. The average Bonchev–Trinajstić information content (AvgIpc) is 3.02. The Balaban J connectivity index is 1.62.